The van der Waals surface area contributed by atoms with Crippen molar-refractivity contribution in [2.75, 3.05) is 0 Å². The molecule has 0 aliphatic carbocycles. The van der Waals surface area contributed by atoms with Gasteiger partial charge in [-0.15, -0.1) is 0 Å². The topological polar surface area (TPSA) is 63.6 Å². The Hall–Kier alpha value is -3.57. The quantitative estimate of drug-likeness (QED) is 0.258. The summed E-state index contributed by atoms with van der Waals surface area (Å²) in [4.78, 5) is 0.511. The molecule has 0 spiro atoms. The lowest BCUT2D eigenvalue weighted by Gasteiger charge is -2.26. The van der Waals surface area contributed by atoms with Gasteiger partial charge < -0.3 is 9.84 Å². The molecule has 0 radical (unpaired) electrons. The molecular formula is C32H34O4S. The van der Waals surface area contributed by atoms with Crippen LogP contribution in [0.25, 0.3) is 0 Å². The average molecular weight is 515 g/mol. The molecule has 0 aliphatic rings. The second-order valence-corrected chi connectivity index (χ2v) is 12.5. The maximum absolute atomic E-state index is 13.1. The Morgan fingerprint density at radius 2 is 1.00 bits per heavy atom. The highest BCUT2D eigenvalue weighted by Gasteiger charge is 2.24. The number of hydrogen-bond acceptors (Lipinski definition) is 4. The molecule has 1 N–H and O–H groups in total. The third-order valence-electron chi connectivity index (χ3n) is 7.36. The van der Waals surface area contributed by atoms with E-state index in [1.165, 1.54) is 0 Å². The summed E-state index contributed by atoms with van der Waals surface area (Å²) < 4.78 is 32.3. The van der Waals surface area contributed by atoms with Gasteiger partial charge in [-0.2, -0.15) is 0 Å². The van der Waals surface area contributed by atoms with Gasteiger partial charge in [0.05, 0.1) is 9.79 Å². The van der Waals surface area contributed by atoms with E-state index >= 15 is 0 Å². The molecule has 4 aromatic rings. The second-order valence-electron chi connectivity index (χ2n) is 10.5. The van der Waals surface area contributed by atoms with Crippen molar-refractivity contribution in [3.8, 4) is 17.2 Å². The Kier molecular flexibility index (Phi) is 7.20. The summed E-state index contributed by atoms with van der Waals surface area (Å²) in [7, 11) is -3.62. The smallest absolute Gasteiger partial charge is 0.206 e. The Labute approximate surface area is 220 Å². The van der Waals surface area contributed by atoms with Crippen molar-refractivity contribution in [3.05, 3.63) is 114 Å². The van der Waals surface area contributed by atoms with Crippen molar-refractivity contribution in [2.45, 2.75) is 61.7 Å². The van der Waals surface area contributed by atoms with E-state index in [4.69, 9.17) is 4.74 Å². The van der Waals surface area contributed by atoms with E-state index in [1.54, 1.807) is 48.5 Å². The molecule has 0 saturated heterocycles. The molecule has 37 heavy (non-hydrogen) atoms. The molecule has 4 nitrogen and oxygen atoms in total. The van der Waals surface area contributed by atoms with Gasteiger partial charge in [0.25, 0.3) is 0 Å². The normalized spacial score (nSPS) is 12.4. The zero-order valence-electron chi connectivity index (χ0n) is 22.0. The first-order valence-electron chi connectivity index (χ1n) is 12.5. The van der Waals surface area contributed by atoms with Crippen LogP contribution in [0.4, 0.5) is 0 Å². The molecule has 192 valence electrons. The van der Waals surface area contributed by atoms with Gasteiger partial charge >= 0.3 is 0 Å². The van der Waals surface area contributed by atoms with Gasteiger partial charge in [-0.3, -0.25) is 0 Å². The second kappa shape index (κ2) is 10.1. The van der Waals surface area contributed by atoms with Crippen molar-refractivity contribution in [2.24, 2.45) is 0 Å². The van der Waals surface area contributed by atoms with Crippen molar-refractivity contribution in [1.29, 1.82) is 0 Å². The van der Waals surface area contributed by atoms with Crippen molar-refractivity contribution in [3.63, 3.8) is 0 Å². The van der Waals surface area contributed by atoms with Gasteiger partial charge in [-0.25, -0.2) is 8.42 Å². The van der Waals surface area contributed by atoms with E-state index in [0.717, 1.165) is 23.1 Å². The van der Waals surface area contributed by atoms with E-state index < -0.39 is 9.84 Å². The van der Waals surface area contributed by atoms with Crippen LogP contribution in [0, 0.1) is 0 Å². The first-order valence-corrected chi connectivity index (χ1v) is 14.0. The summed E-state index contributed by atoms with van der Waals surface area (Å²) in [6, 6.07) is 28.8. The SMILES string of the molecule is CCC(C)(C)c1ccc(S(=O)(=O)c2ccc(Oc3ccc(C(C)(C)c4ccc(O)cc4)cc3)cc2)cc1. The zero-order valence-corrected chi connectivity index (χ0v) is 22.8. The predicted octanol–water partition coefficient (Wildman–Crippen LogP) is 8.03. The van der Waals surface area contributed by atoms with E-state index in [2.05, 4.69) is 34.6 Å². The van der Waals surface area contributed by atoms with Crippen molar-refractivity contribution in [1.82, 2.24) is 0 Å². The van der Waals surface area contributed by atoms with Crippen LogP contribution in [0.2, 0.25) is 0 Å². The molecule has 0 atom stereocenters. The molecule has 0 fully saturated rings. The first kappa shape index (κ1) is 26.5. The number of rotatable bonds is 8. The summed E-state index contributed by atoms with van der Waals surface area (Å²) in [6.07, 6.45) is 0.972. The lowest BCUT2D eigenvalue weighted by atomic mass is 9.78. The fourth-order valence-electron chi connectivity index (χ4n) is 4.23. The van der Waals surface area contributed by atoms with E-state index in [0.29, 0.717) is 11.5 Å². The Balaban J connectivity index is 1.48. The molecule has 0 heterocycles. The van der Waals surface area contributed by atoms with Crippen LogP contribution in [0.3, 0.4) is 0 Å². The maximum Gasteiger partial charge on any atom is 0.206 e. The minimum Gasteiger partial charge on any atom is -0.508 e. The molecule has 4 rings (SSSR count). The maximum atomic E-state index is 13.1. The summed E-state index contributed by atoms with van der Waals surface area (Å²) in [5.74, 6) is 1.47. The Morgan fingerprint density at radius 1 is 0.622 bits per heavy atom. The minimum atomic E-state index is -3.62. The molecule has 0 aromatic heterocycles. The molecule has 0 amide bonds. The molecule has 0 aliphatic heterocycles. The molecule has 0 unspecified atom stereocenters. The third-order valence-corrected chi connectivity index (χ3v) is 9.15. The van der Waals surface area contributed by atoms with E-state index in [1.807, 2.05) is 48.5 Å². The Bertz CT molecular complexity index is 1450. The third kappa shape index (κ3) is 5.57. The van der Waals surface area contributed by atoms with Crippen LogP contribution < -0.4 is 4.74 Å². The fraction of sp³-hybridized carbons (Fsp3) is 0.250. The first-order chi connectivity index (χ1) is 17.4. The summed E-state index contributed by atoms with van der Waals surface area (Å²) in [5, 5.41) is 9.58. The number of phenolic OH excluding ortho intramolecular Hbond substituents is 1. The van der Waals surface area contributed by atoms with Crippen LogP contribution in [0.1, 0.15) is 57.7 Å². The van der Waals surface area contributed by atoms with Crippen LogP contribution in [-0.4, -0.2) is 13.5 Å². The zero-order chi connectivity index (χ0) is 26.8. The van der Waals surface area contributed by atoms with E-state index in [-0.39, 0.29) is 26.4 Å². The van der Waals surface area contributed by atoms with Crippen LogP contribution in [0.15, 0.2) is 107 Å². The lowest BCUT2D eigenvalue weighted by Crippen LogP contribution is -2.18. The van der Waals surface area contributed by atoms with Crippen LogP contribution >= 0.6 is 0 Å². The number of hydrogen-bond donors (Lipinski definition) is 1. The fourth-order valence-corrected chi connectivity index (χ4v) is 5.49. The van der Waals surface area contributed by atoms with Gasteiger partial charge in [0.1, 0.15) is 17.2 Å². The van der Waals surface area contributed by atoms with Gasteiger partial charge in [-0.05, 0) is 89.2 Å². The molecule has 4 aromatic carbocycles. The number of phenols is 1. The van der Waals surface area contributed by atoms with E-state index in [9.17, 15) is 13.5 Å². The predicted molar refractivity (Wildman–Crippen MR) is 148 cm³/mol. The highest BCUT2D eigenvalue weighted by molar-refractivity contribution is 7.91. The van der Waals surface area contributed by atoms with Crippen molar-refractivity contribution < 1.29 is 18.3 Å². The lowest BCUT2D eigenvalue weighted by molar-refractivity contribution is 0.474. The van der Waals surface area contributed by atoms with Gasteiger partial charge in [0.15, 0.2) is 0 Å². The molecule has 0 bridgehead atoms. The monoisotopic (exact) mass is 514 g/mol. The van der Waals surface area contributed by atoms with Gasteiger partial charge in [0.2, 0.25) is 9.84 Å². The van der Waals surface area contributed by atoms with Gasteiger partial charge in [0, 0.05) is 5.41 Å². The molecule has 0 saturated carbocycles. The highest BCUT2D eigenvalue weighted by atomic mass is 32.2. The van der Waals surface area contributed by atoms with Crippen molar-refractivity contribution >= 4 is 9.84 Å². The Morgan fingerprint density at radius 3 is 1.46 bits per heavy atom. The number of benzene rings is 4. The summed E-state index contributed by atoms with van der Waals surface area (Å²) in [5.41, 5.74) is 3.09. The number of ether oxygens (including phenoxy) is 1. The summed E-state index contributed by atoms with van der Waals surface area (Å²) >= 11 is 0. The molecule has 5 heteroatoms. The van der Waals surface area contributed by atoms with Crippen LogP contribution in [0.5, 0.6) is 17.2 Å². The average Bonchev–Trinajstić information content (AvgIpc) is 2.89. The standard InChI is InChI=1S/C32H34O4S/c1-6-31(2,3)23-11-19-29(20-12-23)37(34,35)30-21-17-28(18-22-30)36-27-15-9-25(10-16-27)32(4,5)24-7-13-26(33)14-8-24/h7-22,33H,6H2,1-5H3. The molecular weight excluding hydrogens is 480 g/mol. The number of aromatic hydroxyl groups is 1. The van der Waals surface area contributed by atoms with Gasteiger partial charge in [-0.1, -0.05) is 71.0 Å². The largest absolute Gasteiger partial charge is 0.508 e. The summed E-state index contributed by atoms with van der Waals surface area (Å²) in [6.45, 7) is 10.7. The highest BCUT2D eigenvalue weighted by Crippen LogP contribution is 2.34. The minimum absolute atomic E-state index is 0.000757. The number of sulfone groups is 1. The van der Waals surface area contributed by atoms with Crippen LogP contribution in [-0.2, 0) is 20.7 Å².